The normalized spacial score (nSPS) is 19.1. The standard InChI is InChI=1S/C14H19N3O3/c1-10-6-7-17(8-10)13(18)9-20-12-5-3-2-4-11(12)14(15)16-19/h2-5,10,19H,6-9H2,1H3,(H2,15,16). The van der Waals surface area contributed by atoms with E-state index in [1.807, 2.05) is 0 Å². The van der Waals surface area contributed by atoms with Crippen molar-refractivity contribution < 1.29 is 14.7 Å². The Morgan fingerprint density at radius 2 is 2.30 bits per heavy atom. The zero-order valence-corrected chi connectivity index (χ0v) is 11.5. The fourth-order valence-corrected chi connectivity index (χ4v) is 2.25. The summed E-state index contributed by atoms with van der Waals surface area (Å²) in [5.41, 5.74) is 6.04. The van der Waals surface area contributed by atoms with E-state index in [9.17, 15) is 4.79 Å². The minimum Gasteiger partial charge on any atom is -0.483 e. The Balaban J connectivity index is 1.99. The Morgan fingerprint density at radius 1 is 1.55 bits per heavy atom. The molecule has 0 radical (unpaired) electrons. The van der Waals surface area contributed by atoms with Gasteiger partial charge in [0.15, 0.2) is 12.4 Å². The summed E-state index contributed by atoms with van der Waals surface area (Å²) in [5, 5.41) is 11.7. The Labute approximate surface area is 117 Å². The van der Waals surface area contributed by atoms with Gasteiger partial charge in [-0.1, -0.05) is 24.2 Å². The highest BCUT2D eigenvalue weighted by atomic mass is 16.5. The van der Waals surface area contributed by atoms with Gasteiger partial charge in [-0.05, 0) is 24.5 Å². The van der Waals surface area contributed by atoms with Crippen LogP contribution in [-0.2, 0) is 4.79 Å². The van der Waals surface area contributed by atoms with E-state index < -0.39 is 0 Å². The number of benzene rings is 1. The molecular weight excluding hydrogens is 258 g/mol. The number of oxime groups is 1. The summed E-state index contributed by atoms with van der Waals surface area (Å²) in [4.78, 5) is 13.8. The van der Waals surface area contributed by atoms with Gasteiger partial charge in [0.25, 0.3) is 5.91 Å². The van der Waals surface area contributed by atoms with E-state index in [-0.39, 0.29) is 18.3 Å². The summed E-state index contributed by atoms with van der Waals surface area (Å²) in [5.74, 6) is 0.901. The van der Waals surface area contributed by atoms with Crippen LogP contribution in [0, 0.1) is 5.92 Å². The maximum absolute atomic E-state index is 12.0. The predicted octanol–water partition coefficient (Wildman–Crippen LogP) is 1.03. The maximum atomic E-state index is 12.0. The lowest BCUT2D eigenvalue weighted by atomic mass is 10.2. The van der Waals surface area contributed by atoms with E-state index >= 15 is 0 Å². The zero-order valence-electron chi connectivity index (χ0n) is 11.5. The number of ether oxygens (including phenoxy) is 1. The monoisotopic (exact) mass is 277 g/mol. The first kappa shape index (κ1) is 14.2. The number of rotatable bonds is 4. The molecule has 0 saturated carbocycles. The third-order valence-corrected chi connectivity index (χ3v) is 3.40. The number of hydrogen-bond acceptors (Lipinski definition) is 4. The molecule has 1 amide bonds. The Hall–Kier alpha value is -2.24. The molecule has 0 bridgehead atoms. The third-order valence-electron chi connectivity index (χ3n) is 3.40. The van der Waals surface area contributed by atoms with Crippen molar-refractivity contribution in [1.82, 2.24) is 4.90 Å². The molecule has 0 aromatic heterocycles. The summed E-state index contributed by atoms with van der Waals surface area (Å²) in [6.45, 7) is 3.65. The smallest absolute Gasteiger partial charge is 0.260 e. The SMILES string of the molecule is CC1CCN(C(=O)COc2ccccc2/C(N)=N/O)C1. The highest BCUT2D eigenvalue weighted by molar-refractivity contribution is 5.99. The third kappa shape index (κ3) is 3.20. The van der Waals surface area contributed by atoms with E-state index in [1.54, 1.807) is 29.2 Å². The number of amides is 1. The van der Waals surface area contributed by atoms with Gasteiger partial charge in [0.05, 0.1) is 5.56 Å². The molecular formula is C14H19N3O3. The number of carbonyl (C=O) groups is 1. The average Bonchev–Trinajstić information content (AvgIpc) is 2.91. The summed E-state index contributed by atoms with van der Waals surface area (Å²) >= 11 is 0. The highest BCUT2D eigenvalue weighted by Crippen LogP contribution is 2.19. The van der Waals surface area contributed by atoms with Crippen LogP contribution < -0.4 is 10.5 Å². The summed E-state index contributed by atoms with van der Waals surface area (Å²) in [7, 11) is 0. The summed E-state index contributed by atoms with van der Waals surface area (Å²) in [6, 6.07) is 6.89. The van der Waals surface area contributed by atoms with Crippen LogP contribution in [0.5, 0.6) is 5.75 Å². The van der Waals surface area contributed by atoms with Crippen molar-refractivity contribution in [2.75, 3.05) is 19.7 Å². The molecule has 1 aromatic rings. The largest absolute Gasteiger partial charge is 0.483 e. The van der Waals surface area contributed by atoms with Crippen molar-refractivity contribution in [2.45, 2.75) is 13.3 Å². The lowest BCUT2D eigenvalue weighted by Crippen LogP contribution is -2.33. The van der Waals surface area contributed by atoms with Gasteiger partial charge in [-0.25, -0.2) is 0 Å². The van der Waals surface area contributed by atoms with Crippen molar-refractivity contribution >= 4 is 11.7 Å². The number of carbonyl (C=O) groups excluding carboxylic acids is 1. The van der Waals surface area contributed by atoms with E-state index in [0.29, 0.717) is 17.2 Å². The van der Waals surface area contributed by atoms with Gasteiger partial charge < -0.3 is 20.6 Å². The molecule has 6 nitrogen and oxygen atoms in total. The Kier molecular flexibility index (Phi) is 4.45. The fraction of sp³-hybridized carbons (Fsp3) is 0.429. The molecule has 1 heterocycles. The van der Waals surface area contributed by atoms with Crippen molar-refractivity contribution in [1.29, 1.82) is 0 Å². The molecule has 1 unspecified atom stereocenters. The first-order chi connectivity index (χ1) is 9.61. The predicted molar refractivity (Wildman–Crippen MR) is 74.8 cm³/mol. The first-order valence-corrected chi connectivity index (χ1v) is 6.59. The fourth-order valence-electron chi connectivity index (χ4n) is 2.25. The molecule has 1 aliphatic rings. The van der Waals surface area contributed by atoms with Gasteiger partial charge >= 0.3 is 0 Å². The van der Waals surface area contributed by atoms with Gasteiger partial charge in [0.1, 0.15) is 5.75 Å². The van der Waals surface area contributed by atoms with Crippen LogP contribution >= 0.6 is 0 Å². The molecule has 2 rings (SSSR count). The molecule has 1 aliphatic heterocycles. The number of amidine groups is 1. The van der Waals surface area contributed by atoms with Crippen molar-refractivity contribution in [3.63, 3.8) is 0 Å². The van der Waals surface area contributed by atoms with Crippen molar-refractivity contribution in [3.05, 3.63) is 29.8 Å². The van der Waals surface area contributed by atoms with E-state index in [1.165, 1.54) is 0 Å². The molecule has 108 valence electrons. The lowest BCUT2D eigenvalue weighted by molar-refractivity contribution is -0.132. The van der Waals surface area contributed by atoms with Crippen LogP contribution in [0.25, 0.3) is 0 Å². The van der Waals surface area contributed by atoms with E-state index in [2.05, 4.69) is 12.1 Å². The first-order valence-electron chi connectivity index (χ1n) is 6.59. The Bertz CT molecular complexity index is 516. The highest BCUT2D eigenvalue weighted by Gasteiger charge is 2.23. The van der Waals surface area contributed by atoms with Gasteiger partial charge in [-0.2, -0.15) is 0 Å². The van der Waals surface area contributed by atoms with E-state index in [0.717, 1.165) is 19.5 Å². The number of nitrogens with two attached hydrogens (primary N) is 1. The topological polar surface area (TPSA) is 88.2 Å². The molecule has 1 aromatic carbocycles. The van der Waals surface area contributed by atoms with Crippen LogP contribution in [0.1, 0.15) is 18.9 Å². The maximum Gasteiger partial charge on any atom is 0.260 e. The molecule has 20 heavy (non-hydrogen) atoms. The number of nitrogens with zero attached hydrogens (tertiary/aromatic N) is 2. The van der Waals surface area contributed by atoms with Crippen LogP contribution in [-0.4, -0.2) is 41.5 Å². The van der Waals surface area contributed by atoms with Crippen molar-refractivity contribution in [3.8, 4) is 5.75 Å². The molecule has 0 aliphatic carbocycles. The van der Waals surface area contributed by atoms with Gasteiger partial charge in [-0.3, -0.25) is 4.79 Å². The molecule has 0 spiro atoms. The van der Waals surface area contributed by atoms with E-state index in [4.69, 9.17) is 15.7 Å². The molecule has 1 saturated heterocycles. The molecule has 3 N–H and O–H groups in total. The van der Waals surface area contributed by atoms with Crippen molar-refractivity contribution in [2.24, 2.45) is 16.8 Å². The minimum atomic E-state index is -0.0392. The van der Waals surface area contributed by atoms with Crippen LogP contribution in [0.15, 0.2) is 29.4 Å². The number of para-hydroxylation sites is 1. The molecule has 1 fully saturated rings. The Morgan fingerprint density at radius 3 is 2.95 bits per heavy atom. The van der Waals surface area contributed by atoms with Gasteiger partial charge in [-0.15, -0.1) is 0 Å². The van der Waals surface area contributed by atoms with Gasteiger partial charge in [0, 0.05) is 13.1 Å². The summed E-state index contributed by atoms with van der Waals surface area (Å²) in [6.07, 6.45) is 1.03. The number of hydrogen-bond donors (Lipinski definition) is 2. The number of likely N-dealkylation sites (tertiary alicyclic amines) is 1. The molecule has 6 heteroatoms. The lowest BCUT2D eigenvalue weighted by Gasteiger charge is -2.17. The zero-order chi connectivity index (χ0) is 14.5. The second-order valence-corrected chi connectivity index (χ2v) is 5.00. The second-order valence-electron chi connectivity index (χ2n) is 5.00. The second kappa shape index (κ2) is 6.27. The van der Waals surface area contributed by atoms with Crippen LogP contribution in [0.2, 0.25) is 0 Å². The summed E-state index contributed by atoms with van der Waals surface area (Å²) < 4.78 is 5.51. The van der Waals surface area contributed by atoms with Gasteiger partial charge in [0.2, 0.25) is 0 Å². The molecule has 1 atom stereocenters. The van der Waals surface area contributed by atoms with Crippen LogP contribution in [0.4, 0.5) is 0 Å². The quantitative estimate of drug-likeness (QED) is 0.372. The van der Waals surface area contributed by atoms with Crippen LogP contribution in [0.3, 0.4) is 0 Å². The average molecular weight is 277 g/mol. The minimum absolute atomic E-state index is 0.0383.